The molecule has 0 aromatic heterocycles. The Hall–Kier alpha value is -1.64. The first kappa shape index (κ1) is 11.4. The molecule has 0 saturated heterocycles. The van der Waals surface area contributed by atoms with E-state index in [0.717, 1.165) is 0 Å². The largest absolute Gasteiger partial charge is 0.494 e. The topological polar surface area (TPSA) is 26.3 Å². The number of methoxy groups -OCH3 is 1. The summed E-state index contributed by atoms with van der Waals surface area (Å²) < 4.78 is 18.1. The molecular formula is C12H13FO2. The molecule has 1 aromatic carbocycles. The van der Waals surface area contributed by atoms with Gasteiger partial charge >= 0.3 is 0 Å². The number of hydrogen-bond donors (Lipinski definition) is 0. The van der Waals surface area contributed by atoms with Crippen LogP contribution in [0.25, 0.3) is 6.08 Å². The van der Waals surface area contributed by atoms with Gasteiger partial charge < -0.3 is 4.74 Å². The van der Waals surface area contributed by atoms with Crippen molar-refractivity contribution < 1.29 is 13.9 Å². The van der Waals surface area contributed by atoms with Crippen LogP contribution in [0.4, 0.5) is 4.39 Å². The SMILES string of the molecule is COc1ccc(/C=C(/C)C(C)=O)cc1F. The van der Waals surface area contributed by atoms with Crippen LogP contribution in [0.2, 0.25) is 0 Å². The number of rotatable bonds is 3. The molecule has 0 saturated carbocycles. The molecule has 0 aliphatic carbocycles. The highest BCUT2D eigenvalue weighted by atomic mass is 19.1. The summed E-state index contributed by atoms with van der Waals surface area (Å²) in [7, 11) is 1.41. The van der Waals surface area contributed by atoms with Crippen LogP contribution < -0.4 is 4.74 Å². The van der Waals surface area contributed by atoms with Crippen molar-refractivity contribution in [3.05, 3.63) is 35.2 Å². The Morgan fingerprint density at radius 1 is 1.40 bits per heavy atom. The third kappa shape index (κ3) is 2.91. The van der Waals surface area contributed by atoms with Crippen LogP contribution in [0.15, 0.2) is 23.8 Å². The number of hydrogen-bond acceptors (Lipinski definition) is 2. The van der Waals surface area contributed by atoms with Gasteiger partial charge in [0.1, 0.15) is 0 Å². The van der Waals surface area contributed by atoms with Gasteiger partial charge in [0.25, 0.3) is 0 Å². The molecular weight excluding hydrogens is 195 g/mol. The van der Waals surface area contributed by atoms with Crippen LogP contribution in [-0.4, -0.2) is 12.9 Å². The average molecular weight is 208 g/mol. The quantitative estimate of drug-likeness (QED) is 0.714. The molecule has 80 valence electrons. The lowest BCUT2D eigenvalue weighted by atomic mass is 10.1. The van der Waals surface area contributed by atoms with Crippen molar-refractivity contribution in [2.24, 2.45) is 0 Å². The van der Waals surface area contributed by atoms with Gasteiger partial charge in [0.2, 0.25) is 0 Å². The molecule has 0 bridgehead atoms. The smallest absolute Gasteiger partial charge is 0.165 e. The van der Waals surface area contributed by atoms with E-state index in [4.69, 9.17) is 4.74 Å². The fraction of sp³-hybridized carbons (Fsp3) is 0.250. The van der Waals surface area contributed by atoms with Gasteiger partial charge in [-0.3, -0.25) is 4.79 Å². The Labute approximate surface area is 88.4 Å². The summed E-state index contributed by atoms with van der Waals surface area (Å²) in [5.74, 6) is -0.249. The summed E-state index contributed by atoms with van der Waals surface area (Å²) in [4.78, 5) is 11.0. The maximum absolute atomic E-state index is 13.3. The molecule has 0 radical (unpaired) electrons. The molecule has 0 unspecified atom stereocenters. The number of carbonyl (C=O) groups is 1. The molecule has 0 fully saturated rings. The summed E-state index contributed by atoms with van der Waals surface area (Å²) in [5.41, 5.74) is 1.25. The Balaban J connectivity index is 3.03. The highest BCUT2D eigenvalue weighted by Crippen LogP contribution is 2.19. The second-order valence-corrected chi connectivity index (χ2v) is 3.28. The van der Waals surface area contributed by atoms with Gasteiger partial charge in [0.15, 0.2) is 17.3 Å². The van der Waals surface area contributed by atoms with Crippen LogP contribution in [0.1, 0.15) is 19.4 Å². The second-order valence-electron chi connectivity index (χ2n) is 3.28. The summed E-state index contributed by atoms with van der Waals surface area (Å²) in [6.45, 7) is 3.18. The van der Waals surface area contributed by atoms with Gasteiger partial charge in [-0.1, -0.05) is 6.07 Å². The highest BCUT2D eigenvalue weighted by molar-refractivity contribution is 5.97. The van der Waals surface area contributed by atoms with E-state index in [2.05, 4.69) is 0 Å². The number of carbonyl (C=O) groups excluding carboxylic acids is 1. The van der Waals surface area contributed by atoms with Gasteiger partial charge in [-0.15, -0.1) is 0 Å². The van der Waals surface area contributed by atoms with E-state index in [-0.39, 0.29) is 11.5 Å². The summed E-state index contributed by atoms with van der Waals surface area (Å²) in [6, 6.07) is 4.58. The third-order valence-corrected chi connectivity index (χ3v) is 2.11. The van der Waals surface area contributed by atoms with Crippen molar-refractivity contribution in [2.75, 3.05) is 7.11 Å². The van der Waals surface area contributed by atoms with E-state index in [1.165, 1.54) is 26.2 Å². The molecule has 0 aliphatic rings. The van der Waals surface area contributed by atoms with Gasteiger partial charge in [0, 0.05) is 0 Å². The lowest BCUT2D eigenvalue weighted by Crippen LogP contribution is -1.92. The predicted molar refractivity (Wildman–Crippen MR) is 57.3 cm³/mol. The summed E-state index contributed by atoms with van der Waals surface area (Å²) in [5, 5.41) is 0. The molecule has 0 atom stereocenters. The zero-order valence-electron chi connectivity index (χ0n) is 9.00. The van der Waals surface area contributed by atoms with Gasteiger partial charge in [-0.2, -0.15) is 0 Å². The molecule has 0 N–H and O–H groups in total. The second kappa shape index (κ2) is 4.73. The van der Waals surface area contributed by atoms with E-state index < -0.39 is 5.82 Å². The maximum atomic E-state index is 13.3. The minimum atomic E-state index is -0.428. The number of ether oxygens (including phenoxy) is 1. The number of Topliss-reactive ketones (excluding diaryl/α,β-unsaturated/α-hetero) is 1. The third-order valence-electron chi connectivity index (χ3n) is 2.11. The molecule has 0 spiro atoms. The predicted octanol–water partition coefficient (Wildman–Crippen LogP) is 2.83. The molecule has 15 heavy (non-hydrogen) atoms. The van der Waals surface area contributed by atoms with Crippen molar-refractivity contribution >= 4 is 11.9 Å². The Bertz CT molecular complexity index is 408. The molecule has 0 aliphatic heterocycles. The van der Waals surface area contributed by atoms with Crippen molar-refractivity contribution in [3.63, 3.8) is 0 Å². The van der Waals surface area contributed by atoms with Crippen molar-refractivity contribution in [1.82, 2.24) is 0 Å². The lowest BCUT2D eigenvalue weighted by molar-refractivity contribution is -0.113. The Kier molecular flexibility index (Phi) is 3.61. The van der Waals surface area contributed by atoms with Crippen LogP contribution in [-0.2, 0) is 4.79 Å². The van der Waals surface area contributed by atoms with E-state index in [9.17, 15) is 9.18 Å². The molecule has 0 amide bonds. The highest BCUT2D eigenvalue weighted by Gasteiger charge is 2.03. The zero-order valence-corrected chi connectivity index (χ0v) is 9.00. The summed E-state index contributed by atoms with van der Waals surface area (Å²) in [6.07, 6.45) is 1.64. The first-order chi connectivity index (χ1) is 7.04. The van der Waals surface area contributed by atoms with Crippen LogP contribution >= 0.6 is 0 Å². The number of halogens is 1. The number of allylic oxidation sites excluding steroid dienone is 1. The van der Waals surface area contributed by atoms with Gasteiger partial charge in [-0.25, -0.2) is 4.39 Å². The first-order valence-corrected chi connectivity index (χ1v) is 4.57. The van der Waals surface area contributed by atoms with E-state index in [1.54, 1.807) is 19.1 Å². The van der Waals surface area contributed by atoms with Crippen LogP contribution in [0.5, 0.6) is 5.75 Å². The van der Waals surface area contributed by atoms with Crippen molar-refractivity contribution in [2.45, 2.75) is 13.8 Å². The van der Waals surface area contributed by atoms with Gasteiger partial charge in [0.05, 0.1) is 7.11 Å². The first-order valence-electron chi connectivity index (χ1n) is 4.57. The van der Waals surface area contributed by atoms with Crippen molar-refractivity contribution in [1.29, 1.82) is 0 Å². The molecule has 3 heteroatoms. The Morgan fingerprint density at radius 2 is 2.07 bits per heavy atom. The minimum absolute atomic E-state index is 0.0220. The fourth-order valence-electron chi connectivity index (χ4n) is 1.12. The Morgan fingerprint density at radius 3 is 2.53 bits per heavy atom. The standard InChI is InChI=1S/C12H13FO2/c1-8(9(2)14)6-10-4-5-12(15-3)11(13)7-10/h4-7H,1-3H3/b8-6-. The van der Waals surface area contributed by atoms with Crippen LogP contribution in [0, 0.1) is 5.82 Å². The van der Waals surface area contributed by atoms with Crippen molar-refractivity contribution in [3.8, 4) is 5.75 Å². The van der Waals surface area contributed by atoms with Crippen LogP contribution in [0.3, 0.4) is 0 Å². The molecule has 1 rings (SSSR count). The van der Waals surface area contributed by atoms with E-state index in [1.807, 2.05) is 0 Å². The average Bonchev–Trinajstić information content (AvgIpc) is 2.18. The van der Waals surface area contributed by atoms with E-state index >= 15 is 0 Å². The summed E-state index contributed by atoms with van der Waals surface area (Å²) >= 11 is 0. The maximum Gasteiger partial charge on any atom is 0.165 e. The monoisotopic (exact) mass is 208 g/mol. The molecule has 0 heterocycles. The van der Waals surface area contributed by atoms with E-state index in [0.29, 0.717) is 11.1 Å². The minimum Gasteiger partial charge on any atom is -0.494 e. The number of ketones is 1. The zero-order chi connectivity index (χ0) is 11.4. The fourth-order valence-corrected chi connectivity index (χ4v) is 1.12. The number of benzene rings is 1. The molecule has 1 aromatic rings. The normalized spacial score (nSPS) is 11.3. The van der Waals surface area contributed by atoms with Gasteiger partial charge in [-0.05, 0) is 43.2 Å². The lowest BCUT2D eigenvalue weighted by Gasteiger charge is -2.02. The molecule has 2 nitrogen and oxygen atoms in total.